The highest BCUT2D eigenvalue weighted by Gasteiger charge is 2.43. The third kappa shape index (κ3) is 2.82. The molecule has 1 aromatic rings. The van der Waals surface area contributed by atoms with Crippen molar-refractivity contribution in [3.05, 3.63) is 12.2 Å². The fraction of sp³-hybridized carbons (Fsp3) is 0.857. The maximum absolute atomic E-state index is 5.97. The fourth-order valence-corrected chi connectivity index (χ4v) is 3.09. The lowest BCUT2D eigenvalue weighted by atomic mass is 9.74. The highest BCUT2D eigenvalue weighted by atomic mass is 16.5. The highest BCUT2D eigenvalue weighted by Crippen LogP contribution is 2.45. The van der Waals surface area contributed by atoms with Gasteiger partial charge >= 0.3 is 0 Å². The number of ether oxygens (including phenoxy) is 1. The summed E-state index contributed by atoms with van der Waals surface area (Å²) in [4.78, 5) is 4.40. The highest BCUT2D eigenvalue weighted by molar-refractivity contribution is 4.96. The van der Waals surface area contributed by atoms with Gasteiger partial charge in [-0.1, -0.05) is 6.92 Å². The summed E-state index contributed by atoms with van der Waals surface area (Å²) >= 11 is 0. The molecule has 1 saturated carbocycles. The lowest BCUT2D eigenvalue weighted by molar-refractivity contribution is -0.141. The van der Waals surface area contributed by atoms with Crippen molar-refractivity contribution in [2.24, 2.45) is 0 Å². The molecule has 1 N–H and O–H groups in total. The molecule has 1 unspecified atom stereocenters. The Morgan fingerprint density at radius 1 is 1.53 bits per heavy atom. The van der Waals surface area contributed by atoms with Gasteiger partial charge in [-0.2, -0.15) is 5.10 Å². The van der Waals surface area contributed by atoms with Crippen LogP contribution in [0.1, 0.15) is 57.3 Å². The van der Waals surface area contributed by atoms with Crippen molar-refractivity contribution in [2.75, 3.05) is 13.2 Å². The van der Waals surface area contributed by atoms with Crippen LogP contribution >= 0.6 is 0 Å². The van der Waals surface area contributed by atoms with Gasteiger partial charge in [-0.05, 0) is 45.1 Å². The van der Waals surface area contributed by atoms with Crippen molar-refractivity contribution in [1.29, 1.82) is 0 Å². The summed E-state index contributed by atoms with van der Waals surface area (Å²) in [5, 5.41) is 7.96. The average Bonchev–Trinajstić information content (AvgIpc) is 2.86. The maximum atomic E-state index is 5.97. The van der Waals surface area contributed by atoms with Gasteiger partial charge in [0.05, 0.1) is 18.2 Å². The van der Waals surface area contributed by atoms with Gasteiger partial charge in [0.2, 0.25) is 0 Å². The summed E-state index contributed by atoms with van der Waals surface area (Å²) in [5.41, 5.74) is 0.176. The Morgan fingerprint density at radius 2 is 2.42 bits per heavy atom. The Bertz CT molecular complexity index is 413. The van der Waals surface area contributed by atoms with E-state index in [1.165, 1.54) is 19.3 Å². The normalized spacial score (nSPS) is 25.4. The smallest absolute Gasteiger partial charge is 0.164 e. The lowest BCUT2D eigenvalue weighted by Crippen LogP contribution is -2.46. The first-order valence-corrected chi connectivity index (χ1v) is 7.56. The molecule has 2 aliphatic rings. The maximum Gasteiger partial charge on any atom is 0.164 e. The molecule has 1 saturated heterocycles. The average molecular weight is 264 g/mol. The van der Waals surface area contributed by atoms with Crippen LogP contribution in [0.5, 0.6) is 0 Å². The van der Waals surface area contributed by atoms with Crippen molar-refractivity contribution in [2.45, 2.75) is 63.6 Å². The minimum Gasteiger partial charge on any atom is -0.375 e. The number of nitrogens with one attached hydrogen (secondary N) is 1. The van der Waals surface area contributed by atoms with E-state index >= 15 is 0 Å². The van der Waals surface area contributed by atoms with Gasteiger partial charge in [0.1, 0.15) is 6.33 Å². The molecule has 1 atom stereocenters. The second-order valence-electron chi connectivity index (χ2n) is 5.85. The van der Waals surface area contributed by atoms with Gasteiger partial charge in [0, 0.05) is 6.61 Å². The van der Waals surface area contributed by atoms with Crippen LogP contribution in [0, 0.1) is 0 Å². The first kappa shape index (κ1) is 13.1. The first-order chi connectivity index (χ1) is 9.31. The van der Waals surface area contributed by atoms with Crippen LogP contribution in [0.2, 0.25) is 0 Å². The number of nitrogens with zero attached hydrogens (tertiary/aromatic N) is 3. The van der Waals surface area contributed by atoms with E-state index in [0.717, 1.165) is 44.8 Å². The molecule has 5 nitrogen and oxygen atoms in total. The van der Waals surface area contributed by atoms with Gasteiger partial charge in [-0.15, -0.1) is 0 Å². The van der Waals surface area contributed by atoms with E-state index in [1.807, 2.05) is 6.33 Å². The second kappa shape index (κ2) is 5.59. The van der Waals surface area contributed by atoms with E-state index in [-0.39, 0.29) is 5.60 Å². The van der Waals surface area contributed by atoms with Crippen LogP contribution in [0.25, 0.3) is 0 Å². The fourth-order valence-electron chi connectivity index (χ4n) is 3.09. The van der Waals surface area contributed by atoms with Gasteiger partial charge in [0.25, 0.3) is 0 Å². The minimum absolute atomic E-state index is 0.176. The Balaban J connectivity index is 1.59. The molecule has 0 aromatic carbocycles. The zero-order valence-electron chi connectivity index (χ0n) is 11.8. The summed E-state index contributed by atoms with van der Waals surface area (Å²) in [7, 11) is 0. The Hall–Kier alpha value is -0.940. The van der Waals surface area contributed by atoms with E-state index < -0.39 is 0 Å². The van der Waals surface area contributed by atoms with Crippen molar-refractivity contribution in [3.8, 4) is 0 Å². The lowest BCUT2D eigenvalue weighted by Gasteiger charge is -2.47. The third-order valence-corrected chi connectivity index (χ3v) is 4.37. The largest absolute Gasteiger partial charge is 0.375 e. The molecule has 1 aromatic heterocycles. The van der Waals surface area contributed by atoms with E-state index in [9.17, 15) is 0 Å². The zero-order valence-corrected chi connectivity index (χ0v) is 11.8. The molecule has 106 valence electrons. The molecular formula is C14H24N4O. The summed E-state index contributed by atoms with van der Waals surface area (Å²) in [6, 6.07) is 0.474. The van der Waals surface area contributed by atoms with Gasteiger partial charge in [0.15, 0.2) is 5.82 Å². The molecule has 0 amide bonds. The molecule has 1 aliphatic carbocycles. The molecule has 0 radical (unpaired) electrons. The SMILES string of the molecule is CCCNCc1ncn(C2CCOC3(CCC3)C2)n1. The number of aromatic nitrogens is 3. The van der Waals surface area contributed by atoms with Crippen LogP contribution in [0.4, 0.5) is 0 Å². The van der Waals surface area contributed by atoms with Crippen LogP contribution < -0.4 is 5.32 Å². The number of hydrogen-bond acceptors (Lipinski definition) is 4. The quantitative estimate of drug-likeness (QED) is 0.827. The van der Waals surface area contributed by atoms with Crippen molar-refractivity contribution in [1.82, 2.24) is 20.1 Å². The Labute approximate surface area is 114 Å². The van der Waals surface area contributed by atoms with E-state index in [0.29, 0.717) is 6.04 Å². The summed E-state index contributed by atoms with van der Waals surface area (Å²) in [6.07, 6.45) is 8.97. The monoisotopic (exact) mass is 264 g/mol. The van der Waals surface area contributed by atoms with E-state index in [2.05, 4.69) is 27.0 Å². The van der Waals surface area contributed by atoms with Gasteiger partial charge in [-0.3, -0.25) is 0 Å². The van der Waals surface area contributed by atoms with Crippen LogP contribution in [-0.2, 0) is 11.3 Å². The van der Waals surface area contributed by atoms with Crippen LogP contribution in [-0.4, -0.2) is 33.5 Å². The predicted octanol–water partition coefficient (Wildman–Crippen LogP) is 2.05. The number of hydrogen-bond donors (Lipinski definition) is 1. The topological polar surface area (TPSA) is 52.0 Å². The summed E-state index contributed by atoms with van der Waals surface area (Å²) in [5.74, 6) is 0.905. The molecule has 2 heterocycles. The van der Waals surface area contributed by atoms with E-state index in [1.54, 1.807) is 0 Å². The molecule has 2 fully saturated rings. The van der Waals surface area contributed by atoms with Crippen molar-refractivity contribution >= 4 is 0 Å². The van der Waals surface area contributed by atoms with Crippen molar-refractivity contribution in [3.63, 3.8) is 0 Å². The summed E-state index contributed by atoms with van der Waals surface area (Å²) in [6.45, 7) is 4.83. The first-order valence-electron chi connectivity index (χ1n) is 7.56. The Morgan fingerprint density at radius 3 is 3.16 bits per heavy atom. The molecular weight excluding hydrogens is 240 g/mol. The van der Waals surface area contributed by atoms with Crippen LogP contribution in [0.3, 0.4) is 0 Å². The van der Waals surface area contributed by atoms with Gasteiger partial charge in [-0.25, -0.2) is 9.67 Å². The van der Waals surface area contributed by atoms with E-state index in [4.69, 9.17) is 4.74 Å². The molecule has 1 aliphatic heterocycles. The third-order valence-electron chi connectivity index (χ3n) is 4.37. The zero-order chi connectivity index (χ0) is 13.1. The summed E-state index contributed by atoms with van der Waals surface area (Å²) < 4.78 is 8.03. The second-order valence-corrected chi connectivity index (χ2v) is 5.85. The van der Waals surface area contributed by atoms with Gasteiger partial charge < -0.3 is 10.1 Å². The molecule has 19 heavy (non-hydrogen) atoms. The Kier molecular flexibility index (Phi) is 3.84. The number of rotatable bonds is 5. The van der Waals surface area contributed by atoms with Crippen molar-refractivity contribution < 1.29 is 4.74 Å². The predicted molar refractivity (Wildman–Crippen MR) is 72.8 cm³/mol. The molecule has 1 spiro atoms. The minimum atomic E-state index is 0.176. The standard InChI is InChI=1S/C14H24N4O/c1-2-7-15-10-13-16-11-18(17-13)12-4-8-19-14(9-12)5-3-6-14/h11-12,15H,2-10H2,1H3. The molecule has 5 heteroatoms. The molecule has 0 bridgehead atoms. The van der Waals surface area contributed by atoms with Crippen LogP contribution in [0.15, 0.2) is 6.33 Å². The molecule has 3 rings (SSSR count).